The molecule has 4 heteroatoms. The second kappa shape index (κ2) is 7.25. The largest absolute Gasteiger partial charge is 0.384 e. The summed E-state index contributed by atoms with van der Waals surface area (Å²) in [7, 11) is 1.73. The van der Waals surface area contributed by atoms with Gasteiger partial charge >= 0.3 is 0 Å². The summed E-state index contributed by atoms with van der Waals surface area (Å²) in [4.78, 5) is 14.2. The second-order valence-electron chi connectivity index (χ2n) is 6.28. The lowest BCUT2D eigenvalue weighted by molar-refractivity contribution is -0.130. The highest BCUT2D eigenvalue weighted by Crippen LogP contribution is 2.27. The van der Waals surface area contributed by atoms with Crippen LogP contribution in [0.4, 0.5) is 0 Å². The Hall–Kier alpha value is -0.610. The lowest BCUT2D eigenvalue weighted by Crippen LogP contribution is -2.31. The fraction of sp³-hybridized carbons (Fsp3) is 0.933. The van der Waals surface area contributed by atoms with Crippen LogP contribution in [0.3, 0.4) is 0 Å². The molecule has 1 heterocycles. The van der Waals surface area contributed by atoms with Gasteiger partial charge in [-0.2, -0.15) is 0 Å². The Morgan fingerprint density at radius 2 is 2.16 bits per heavy atom. The molecule has 0 aromatic rings. The van der Waals surface area contributed by atoms with E-state index in [0.717, 1.165) is 45.4 Å². The van der Waals surface area contributed by atoms with Gasteiger partial charge in [0.1, 0.15) is 0 Å². The summed E-state index contributed by atoms with van der Waals surface area (Å²) in [6, 6.07) is 0.367. The molecule has 0 bridgehead atoms. The van der Waals surface area contributed by atoms with Crippen molar-refractivity contribution in [2.75, 3.05) is 26.8 Å². The highest BCUT2D eigenvalue weighted by Gasteiger charge is 2.27. The van der Waals surface area contributed by atoms with Gasteiger partial charge in [0, 0.05) is 38.6 Å². The molecule has 0 aromatic carbocycles. The number of nitrogens with two attached hydrogens (primary N) is 1. The van der Waals surface area contributed by atoms with Crippen molar-refractivity contribution in [1.82, 2.24) is 4.90 Å². The van der Waals surface area contributed by atoms with Gasteiger partial charge in [-0.3, -0.25) is 4.79 Å². The smallest absolute Gasteiger partial charge is 0.222 e. The maximum absolute atomic E-state index is 12.2. The number of ether oxygens (including phenoxy) is 1. The maximum Gasteiger partial charge on any atom is 0.222 e. The summed E-state index contributed by atoms with van der Waals surface area (Å²) in [5, 5.41) is 0. The third-order valence-corrected chi connectivity index (χ3v) is 4.63. The molecule has 1 saturated heterocycles. The molecule has 1 aliphatic carbocycles. The first-order valence-electron chi connectivity index (χ1n) is 7.71. The van der Waals surface area contributed by atoms with Crippen molar-refractivity contribution in [3.8, 4) is 0 Å². The molecule has 3 unspecified atom stereocenters. The summed E-state index contributed by atoms with van der Waals surface area (Å²) in [6.07, 6.45) is 7.59. The number of rotatable bonds is 5. The molecule has 3 atom stereocenters. The molecule has 1 aliphatic heterocycles. The van der Waals surface area contributed by atoms with Gasteiger partial charge in [-0.25, -0.2) is 0 Å². The van der Waals surface area contributed by atoms with E-state index in [4.69, 9.17) is 10.5 Å². The second-order valence-corrected chi connectivity index (χ2v) is 6.28. The fourth-order valence-corrected chi connectivity index (χ4v) is 3.51. The minimum absolute atomic E-state index is 0.331. The van der Waals surface area contributed by atoms with Crippen molar-refractivity contribution in [2.45, 2.75) is 51.0 Å². The molecule has 19 heavy (non-hydrogen) atoms. The summed E-state index contributed by atoms with van der Waals surface area (Å²) in [5.74, 6) is 1.54. The van der Waals surface area contributed by atoms with Gasteiger partial charge in [0.25, 0.3) is 0 Å². The van der Waals surface area contributed by atoms with Crippen LogP contribution in [0.1, 0.15) is 44.9 Å². The molecule has 2 fully saturated rings. The number of amides is 1. The van der Waals surface area contributed by atoms with Crippen LogP contribution in [0.15, 0.2) is 0 Å². The minimum Gasteiger partial charge on any atom is -0.384 e. The van der Waals surface area contributed by atoms with Crippen molar-refractivity contribution >= 4 is 5.91 Å². The summed E-state index contributed by atoms with van der Waals surface area (Å²) in [5.41, 5.74) is 6.00. The Kier molecular flexibility index (Phi) is 5.64. The van der Waals surface area contributed by atoms with Crippen LogP contribution in [0, 0.1) is 11.8 Å². The molecule has 1 saturated carbocycles. The zero-order valence-electron chi connectivity index (χ0n) is 12.1. The molecule has 4 nitrogen and oxygen atoms in total. The lowest BCUT2D eigenvalue weighted by Gasteiger charge is -2.27. The molecular weight excluding hydrogens is 240 g/mol. The number of methoxy groups -OCH3 is 1. The molecule has 1 amide bonds. The van der Waals surface area contributed by atoms with Crippen molar-refractivity contribution < 1.29 is 9.53 Å². The molecule has 2 N–H and O–H groups in total. The van der Waals surface area contributed by atoms with Crippen LogP contribution in [0.2, 0.25) is 0 Å². The topological polar surface area (TPSA) is 55.6 Å². The fourth-order valence-electron chi connectivity index (χ4n) is 3.51. The SMILES string of the molecule is COCC1CCN(C(=O)CCC2CCCC(N)C2)C1. The van der Waals surface area contributed by atoms with Crippen molar-refractivity contribution in [3.63, 3.8) is 0 Å². The standard InChI is InChI=1S/C15H28N2O2/c1-19-11-13-7-8-17(10-13)15(18)6-5-12-3-2-4-14(16)9-12/h12-14H,2-11,16H2,1H3. The Balaban J connectivity index is 1.67. The first-order valence-corrected chi connectivity index (χ1v) is 7.71. The average molecular weight is 268 g/mol. The van der Waals surface area contributed by atoms with Gasteiger partial charge < -0.3 is 15.4 Å². The van der Waals surface area contributed by atoms with Gasteiger partial charge in [0.05, 0.1) is 6.61 Å². The summed E-state index contributed by atoms with van der Waals surface area (Å²) >= 11 is 0. The van der Waals surface area contributed by atoms with Gasteiger partial charge in [-0.15, -0.1) is 0 Å². The van der Waals surface area contributed by atoms with E-state index < -0.39 is 0 Å². The molecule has 110 valence electrons. The van der Waals surface area contributed by atoms with Crippen LogP contribution in [0.5, 0.6) is 0 Å². The van der Waals surface area contributed by atoms with Crippen LogP contribution in [0.25, 0.3) is 0 Å². The number of nitrogens with zero attached hydrogens (tertiary/aromatic N) is 1. The summed E-state index contributed by atoms with van der Waals surface area (Å²) in [6.45, 7) is 2.58. The van der Waals surface area contributed by atoms with E-state index in [1.807, 2.05) is 4.90 Å². The van der Waals surface area contributed by atoms with E-state index in [9.17, 15) is 4.79 Å². The number of hydrogen-bond donors (Lipinski definition) is 1. The number of carbonyl (C=O) groups is 1. The highest BCUT2D eigenvalue weighted by atomic mass is 16.5. The third-order valence-electron chi connectivity index (χ3n) is 4.63. The van der Waals surface area contributed by atoms with E-state index in [0.29, 0.717) is 30.2 Å². The minimum atomic E-state index is 0.331. The first-order chi connectivity index (χ1) is 9.19. The van der Waals surface area contributed by atoms with E-state index in [2.05, 4.69) is 0 Å². The van der Waals surface area contributed by atoms with Gasteiger partial charge in [-0.1, -0.05) is 12.8 Å². The maximum atomic E-state index is 12.2. The van der Waals surface area contributed by atoms with E-state index in [-0.39, 0.29) is 0 Å². The lowest BCUT2D eigenvalue weighted by atomic mass is 9.83. The Morgan fingerprint density at radius 1 is 1.32 bits per heavy atom. The van der Waals surface area contributed by atoms with Crippen LogP contribution in [-0.4, -0.2) is 43.7 Å². The van der Waals surface area contributed by atoms with Crippen molar-refractivity contribution in [1.29, 1.82) is 0 Å². The molecule has 0 aromatic heterocycles. The summed E-state index contributed by atoms with van der Waals surface area (Å²) < 4.78 is 5.17. The molecular formula is C15H28N2O2. The van der Waals surface area contributed by atoms with Crippen molar-refractivity contribution in [2.24, 2.45) is 17.6 Å². The van der Waals surface area contributed by atoms with Crippen LogP contribution >= 0.6 is 0 Å². The van der Waals surface area contributed by atoms with Crippen molar-refractivity contribution in [3.05, 3.63) is 0 Å². The molecule has 2 aliphatic rings. The van der Waals surface area contributed by atoms with Gasteiger partial charge in [0.15, 0.2) is 0 Å². The highest BCUT2D eigenvalue weighted by molar-refractivity contribution is 5.76. The van der Waals surface area contributed by atoms with Gasteiger partial charge in [-0.05, 0) is 31.6 Å². The molecule has 0 spiro atoms. The quantitative estimate of drug-likeness (QED) is 0.827. The number of hydrogen-bond acceptors (Lipinski definition) is 3. The Morgan fingerprint density at radius 3 is 2.89 bits per heavy atom. The van der Waals surface area contributed by atoms with Gasteiger partial charge in [0.2, 0.25) is 5.91 Å². The molecule has 0 radical (unpaired) electrons. The van der Waals surface area contributed by atoms with Crippen LogP contribution in [-0.2, 0) is 9.53 Å². The molecule has 2 rings (SSSR count). The Labute approximate surface area is 116 Å². The zero-order valence-corrected chi connectivity index (χ0v) is 12.1. The van der Waals surface area contributed by atoms with E-state index in [1.165, 1.54) is 12.8 Å². The first kappa shape index (κ1) is 14.8. The van der Waals surface area contributed by atoms with E-state index in [1.54, 1.807) is 7.11 Å². The average Bonchev–Trinajstić information content (AvgIpc) is 2.85. The third kappa shape index (κ3) is 4.46. The number of likely N-dealkylation sites (tertiary alicyclic amines) is 1. The normalized spacial score (nSPS) is 31.7. The predicted molar refractivity (Wildman–Crippen MR) is 75.7 cm³/mol. The Bertz CT molecular complexity index is 296. The van der Waals surface area contributed by atoms with E-state index >= 15 is 0 Å². The monoisotopic (exact) mass is 268 g/mol. The number of carbonyl (C=O) groups excluding carboxylic acids is 1. The predicted octanol–water partition coefficient (Wildman–Crippen LogP) is 1.78. The van der Waals surface area contributed by atoms with Crippen LogP contribution < -0.4 is 5.73 Å². The zero-order chi connectivity index (χ0) is 13.7.